The average molecular weight is 309 g/mol. The monoisotopic (exact) mass is 309 g/mol. The summed E-state index contributed by atoms with van der Waals surface area (Å²) in [4.78, 5) is 22.2. The van der Waals surface area contributed by atoms with E-state index in [9.17, 15) is 14.0 Å². The Morgan fingerprint density at radius 3 is 2.81 bits per heavy atom. The molecule has 0 saturated carbocycles. The highest BCUT2D eigenvalue weighted by atomic mass is 32.1. The van der Waals surface area contributed by atoms with Gasteiger partial charge in [0.05, 0.1) is 0 Å². The Hall–Kier alpha value is -1.95. The van der Waals surface area contributed by atoms with Gasteiger partial charge < -0.3 is 10.4 Å². The summed E-state index contributed by atoms with van der Waals surface area (Å²) in [5, 5.41) is 14.1. The van der Waals surface area contributed by atoms with Crippen molar-refractivity contribution in [3.05, 3.63) is 35.2 Å². The molecule has 0 aliphatic heterocycles. The number of benzene rings is 1. The summed E-state index contributed by atoms with van der Waals surface area (Å²) in [7, 11) is 0. The minimum Gasteiger partial charge on any atom is -0.480 e. The molecule has 0 radical (unpaired) electrons. The van der Waals surface area contributed by atoms with Gasteiger partial charge in [-0.15, -0.1) is 11.3 Å². The number of halogens is 1. The smallest absolute Gasteiger partial charge is 0.328 e. The number of nitrogens with one attached hydrogen (secondary N) is 1. The van der Waals surface area contributed by atoms with Crippen LogP contribution in [-0.4, -0.2) is 29.7 Å². The Morgan fingerprint density at radius 1 is 1.33 bits per heavy atom. The van der Waals surface area contributed by atoms with Crippen LogP contribution in [0.5, 0.6) is 0 Å². The van der Waals surface area contributed by atoms with E-state index in [-0.39, 0.29) is 6.42 Å². The lowest BCUT2D eigenvalue weighted by atomic mass is 10.1. The van der Waals surface area contributed by atoms with Crippen LogP contribution < -0.4 is 5.32 Å². The lowest BCUT2D eigenvalue weighted by Crippen LogP contribution is -2.42. The highest BCUT2D eigenvalue weighted by Crippen LogP contribution is 2.26. The zero-order chi connectivity index (χ0) is 15.2. The normalized spacial score (nSPS) is 12.2. The van der Waals surface area contributed by atoms with Crippen LogP contribution in [0.15, 0.2) is 29.6 Å². The molecule has 1 amide bonds. The van der Waals surface area contributed by atoms with Crippen molar-refractivity contribution in [2.24, 2.45) is 0 Å². The third-order valence-corrected chi connectivity index (χ3v) is 4.21. The van der Waals surface area contributed by atoms with Gasteiger partial charge in [0.15, 0.2) is 6.04 Å². The van der Waals surface area contributed by atoms with Crippen LogP contribution in [0.3, 0.4) is 0 Å². The van der Waals surface area contributed by atoms with E-state index in [0.717, 1.165) is 6.42 Å². The number of rotatable bonds is 7. The molecule has 1 atom stereocenters. The maximum absolute atomic E-state index is 12.4. The van der Waals surface area contributed by atoms with Crippen molar-refractivity contribution >= 4 is 33.3 Å². The van der Waals surface area contributed by atoms with E-state index in [1.54, 1.807) is 11.3 Å². The van der Waals surface area contributed by atoms with Gasteiger partial charge in [-0.1, -0.05) is 18.2 Å². The molecule has 1 aromatic carbocycles. The Bertz CT molecular complexity index is 641. The molecule has 1 unspecified atom stereocenters. The highest BCUT2D eigenvalue weighted by Gasteiger charge is 2.19. The van der Waals surface area contributed by atoms with E-state index in [4.69, 9.17) is 5.11 Å². The van der Waals surface area contributed by atoms with Gasteiger partial charge in [0.25, 0.3) is 0 Å². The Kier molecular flexibility index (Phi) is 5.27. The SMILES string of the molecule is O=C(CCCc1csc2ccccc12)NC(CF)C(=O)O. The Balaban J connectivity index is 1.84. The first kappa shape index (κ1) is 15.4. The minimum atomic E-state index is -1.44. The minimum absolute atomic E-state index is 0.188. The van der Waals surface area contributed by atoms with Crippen molar-refractivity contribution < 1.29 is 19.1 Å². The van der Waals surface area contributed by atoms with Crippen LogP contribution in [0.2, 0.25) is 0 Å². The molecule has 0 aliphatic rings. The zero-order valence-corrected chi connectivity index (χ0v) is 12.2. The van der Waals surface area contributed by atoms with Gasteiger partial charge >= 0.3 is 5.97 Å². The zero-order valence-electron chi connectivity index (χ0n) is 11.3. The standard InChI is InChI=1S/C15H16FNO3S/c16-8-12(15(19)20)17-14(18)7-3-4-10-9-21-13-6-2-1-5-11(10)13/h1-2,5-6,9,12H,3-4,7-8H2,(H,17,18)(H,19,20). The molecule has 0 aliphatic carbocycles. The number of carboxylic acid groups (broad SMARTS) is 1. The number of alkyl halides is 1. The number of thiophene rings is 1. The summed E-state index contributed by atoms with van der Waals surface area (Å²) in [6.07, 6.45) is 1.53. The number of hydrogen-bond acceptors (Lipinski definition) is 3. The van der Waals surface area contributed by atoms with Crippen LogP contribution in [0.25, 0.3) is 10.1 Å². The average Bonchev–Trinajstić information content (AvgIpc) is 2.88. The molecular weight excluding hydrogens is 293 g/mol. The molecule has 2 N–H and O–H groups in total. The molecule has 1 heterocycles. The van der Waals surface area contributed by atoms with E-state index in [1.165, 1.54) is 15.6 Å². The molecule has 6 heteroatoms. The fourth-order valence-corrected chi connectivity index (χ4v) is 3.10. The Labute approximate surface area is 125 Å². The van der Waals surface area contributed by atoms with Gasteiger partial charge in [-0.25, -0.2) is 9.18 Å². The second-order valence-electron chi connectivity index (χ2n) is 4.72. The summed E-state index contributed by atoms with van der Waals surface area (Å²) in [6.45, 7) is -1.10. The quantitative estimate of drug-likeness (QED) is 0.826. The number of amides is 1. The van der Waals surface area contributed by atoms with Crippen LogP contribution in [0.1, 0.15) is 18.4 Å². The lowest BCUT2D eigenvalue weighted by molar-refractivity contribution is -0.142. The molecule has 0 saturated heterocycles. The van der Waals surface area contributed by atoms with Gasteiger partial charge in [0, 0.05) is 11.1 Å². The van der Waals surface area contributed by atoms with E-state index in [1.807, 2.05) is 18.2 Å². The van der Waals surface area contributed by atoms with Crippen molar-refractivity contribution in [3.8, 4) is 0 Å². The van der Waals surface area contributed by atoms with Gasteiger partial charge in [-0.2, -0.15) is 0 Å². The summed E-state index contributed by atoms with van der Waals surface area (Å²) in [6, 6.07) is 6.61. The van der Waals surface area contributed by atoms with Gasteiger partial charge in [-0.05, 0) is 35.2 Å². The largest absolute Gasteiger partial charge is 0.480 e. The number of carboxylic acids is 1. The van der Waals surface area contributed by atoms with Gasteiger partial charge in [-0.3, -0.25) is 4.79 Å². The summed E-state index contributed by atoms with van der Waals surface area (Å²) < 4.78 is 13.6. The second-order valence-corrected chi connectivity index (χ2v) is 5.63. The number of carbonyl (C=O) groups excluding carboxylic acids is 1. The van der Waals surface area contributed by atoms with Gasteiger partial charge in [0.2, 0.25) is 5.91 Å². The first-order valence-corrected chi connectivity index (χ1v) is 7.53. The van der Waals surface area contributed by atoms with Crippen LogP contribution in [0.4, 0.5) is 4.39 Å². The molecule has 0 fully saturated rings. The van der Waals surface area contributed by atoms with Crippen molar-refractivity contribution in [1.82, 2.24) is 5.32 Å². The Morgan fingerprint density at radius 2 is 2.10 bits per heavy atom. The first-order valence-electron chi connectivity index (χ1n) is 6.65. The number of carbonyl (C=O) groups is 2. The van der Waals surface area contributed by atoms with Crippen molar-refractivity contribution in [2.75, 3.05) is 6.67 Å². The van der Waals surface area contributed by atoms with Crippen LogP contribution >= 0.6 is 11.3 Å². The maximum atomic E-state index is 12.4. The van der Waals surface area contributed by atoms with E-state index in [2.05, 4.69) is 16.8 Å². The highest BCUT2D eigenvalue weighted by molar-refractivity contribution is 7.17. The first-order chi connectivity index (χ1) is 10.1. The third kappa shape index (κ3) is 4.01. The third-order valence-electron chi connectivity index (χ3n) is 3.20. The predicted octanol–water partition coefficient (Wildman–Crippen LogP) is 2.76. The topological polar surface area (TPSA) is 66.4 Å². The fraction of sp³-hybridized carbons (Fsp3) is 0.333. The molecule has 2 rings (SSSR count). The molecule has 0 spiro atoms. The van der Waals surface area contributed by atoms with Crippen molar-refractivity contribution in [2.45, 2.75) is 25.3 Å². The molecule has 4 nitrogen and oxygen atoms in total. The number of fused-ring (bicyclic) bond motifs is 1. The van der Waals surface area contributed by atoms with E-state index in [0.29, 0.717) is 6.42 Å². The summed E-state index contributed by atoms with van der Waals surface area (Å²) >= 11 is 1.66. The maximum Gasteiger partial charge on any atom is 0.328 e. The number of aryl methyl sites for hydroxylation is 1. The van der Waals surface area contributed by atoms with Gasteiger partial charge in [0.1, 0.15) is 6.67 Å². The van der Waals surface area contributed by atoms with Crippen LogP contribution in [0, 0.1) is 0 Å². The molecular formula is C15H16FNO3S. The van der Waals surface area contributed by atoms with Crippen molar-refractivity contribution in [1.29, 1.82) is 0 Å². The number of aliphatic carboxylic acids is 1. The van der Waals surface area contributed by atoms with E-state index < -0.39 is 24.6 Å². The number of hydrogen-bond donors (Lipinski definition) is 2. The predicted molar refractivity (Wildman–Crippen MR) is 80.3 cm³/mol. The summed E-state index contributed by atoms with van der Waals surface area (Å²) in [5.41, 5.74) is 1.18. The molecule has 21 heavy (non-hydrogen) atoms. The lowest BCUT2D eigenvalue weighted by Gasteiger charge is -2.10. The second kappa shape index (κ2) is 7.17. The summed E-state index contributed by atoms with van der Waals surface area (Å²) in [5.74, 6) is -1.78. The molecule has 1 aromatic heterocycles. The molecule has 112 valence electrons. The molecule has 0 bridgehead atoms. The van der Waals surface area contributed by atoms with Crippen molar-refractivity contribution in [3.63, 3.8) is 0 Å². The molecule has 2 aromatic rings. The fourth-order valence-electron chi connectivity index (χ4n) is 2.10. The van der Waals surface area contributed by atoms with Crippen LogP contribution in [-0.2, 0) is 16.0 Å². The van der Waals surface area contributed by atoms with E-state index >= 15 is 0 Å².